The van der Waals surface area contributed by atoms with Crippen molar-refractivity contribution in [2.75, 3.05) is 21.3 Å². The molecule has 0 spiro atoms. The fourth-order valence-electron chi connectivity index (χ4n) is 2.75. The van der Waals surface area contributed by atoms with Crippen LogP contribution in [0.25, 0.3) is 0 Å². The second-order valence-electron chi connectivity index (χ2n) is 5.23. The summed E-state index contributed by atoms with van der Waals surface area (Å²) in [5, 5.41) is 10.0. The van der Waals surface area contributed by atoms with Crippen LogP contribution in [0.4, 0.5) is 0 Å². The molecule has 0 aromatic heterocycles. The van der Waals surface area contributed by atoms with E-state index in [-0.39, 0.29) is 12.1 Å². The molecule has 7 heteroatoms. The van der Waals surface area contributed by atoms with Crippen molar-refractivity contribution >= 4 is 14.8 Å². The van der Waals surface area contributed by atoms with Gasteiger partial charge in [0.05, 0.1) is 6.10 Å². The van der Waals surface area contributed by atoms with Crippen molar-refractivity contribution in [2.45, 2.75) is 50.9 Å². The van der Waals surface area contributed by atoms with Crippen LogP contribution in [-0.4, -0.2) is 53.4 Å². The van der Waals surface area contributed by atoms with Crippen molar-refractivity contribution in [3.8, 4) is 0 Å². The third-order valence-electron chi connectivity index (χ3n) is 3.97. The minimum atomic E-state index is -2.53. The van der Waals surface area contributed by atoms with Crippen LogP contribution in [0.2, 0.25) is 6.04 Å². The van der Waals surface area contributed by atoms with E-state index in [1.807, 2.05) is 0 Å². The zero-order valence-corrected chi connectivity index (χ0v) is 13.8. The SMILES string of the molecule is CO[Si](CCC1CCC(OC(C)=O)C(O)C1)(OC)OC. The van der Waals surface area contributed by atoms with Gasteiger partial charge in [-0.15, -0.1) is 0 Å². The maximum atomic E-state index is 10.9. The Morgan fingerprint density at radius 3 is 2.25 bits per heavy atom. The van der Waals surface area contributed by atoms with E-state index >= 15 is 0 Å². The van der Waals surface area contributed by atoms with E-state index in [4.69, 9.17) is 18.0 Å². The van der Waals surface area contributed by atoms with Crippen LogP contribution in [-0.2, 0) is 22.8 Å². The van der Waals surface area contributed by atoms with E-state index in [0.717, 1.165) is 18.9 Å². The van der Waals surface area contributed by atoms with Crippen molar-refractivity contribution in [3.63, 3.8) is 0 Å². The highest BCUT2D eigenvalue weighted by atomic mass is 28.4. The molecule has 3 unspecified atom stereocenters. The third-order valence-corrected chi connectivity index (χ3v) is 6.74. The highest BCUT2D eigenvalue weighted by molar-refractivity contribution is 6.60. The lowest BCUT2D eigenvalue weighted by Gasteiger charge is -2.33. The first-order valence-electron chi connectivity index (χ1n) is 6.97. The standard InChI is InChI=1S/C13H26O6Si/c1-10(14)19-13-6-5-11(9-12(13)15)7-8-20(16-2,17-3)18-4/h11-13,15H,5-9H2,1-4H3. The molecular weight excluding hydrogens is 280 g/mol. The largest absolute Gasteiger partial charge is 0.500 e. The molecule has 3 atom stereocenters. The van der Waals surface area contributed by atoms with Crippen molar-refractivity contribution in [1.82, 2.24) is 0 Å². The van der Waals surface area contributed by atoms with Crippen LogP contribution in [0, 0.1) is 5.92 Å². The molecule has 6 nitrogen and oxygen atoms in total. The number of aliphatic hydroxyl groups is 1. The highest BCUT2D eigenvalue weighted by Gasteiger charge is 2.39. The maximum absolute atomic E-state index is 10.9. The van der Waals surface area contributed by atoms with Gasteiger partial charge in [-0.25, -0.2) is 0 Å². The number of esters is 1. The number of carbonyl (C=O) groups is 1. The molecule has 1 aliphatic rings. The number of ether oxygens (including phenoxy) is 1. The summed E-state index contributed by atoms with van der Waals surface area (Å²) in [5.74, 6) is 0.0428. The first-order chi connectivity index (χ1) is 9.46. The number of rotatable bonds is 7. The lowest BCUT2D eigenvalue weighted by molar-refractivity contribution is -0.156. The minimum absolute atomic E-state index is 0.336. The van der Waals surface area contributed by atoms with E-state index in [9.17, 15) is 9.90 Å². The van der Waals surface area contributed by atoms with E-state index in [1.54, 1.807) is 21.3 Å². The summed E-state index contributed by atoms with van der Waals surface area (Å²) in [4.78, 5) is 10.9. The van der Waals surface area contributed by atoms with Gasteiger partial charge in [0.15, 0.2) is 0 Å². The van der Waals surface area contributed by atoms with Gasteiger partial charge in [0, 0.05) is 34.3 Å². The molecule has 0 amide bonds. The highest BCUT2D eigenvalue weighted by Crippen LogP contribution is 2.32. The molecule has 0 aliphatic heterocycles. The molecule has 0 saturated heterocycles. The molecule has 118 valence electrons. The van der Waals surface area contributed by atoms with Crippen molar-refractivity contribution in [3.05, 3.63) is 0 Å². The van der Waals surface area contributed by atoms with Gasteiger partial charge in [-0.05, 0) is 31.6 Å². The average molecular weight is 306 g/mol. The zero-order valence-electron chi connectivity index (χ0n) is 12.8. The maximum Gasteiger partial charge on any atom is 0.500 e. The summed E-state index contributed by atoms with van der Waals surface area (Å²) in [7, 11) is 2.27. The molecule has 0 aromatic rings. The van der Waals surface area contributed by atoms with Gasteiger partial charge < -0.3 is 23.1 Å². The number of hydrogen-bond acceptors (Lipinski definition) is 6. The van der Waals surface area contributed by atoms with Crippen molar-refractivity contribution < 1.29 is 27.9 Å². The Morgan fingerprint density at radius 2 is 1.80 bits per heavy atom. The Bertz CT molecular complexity index is 299. The molecule has 1 rings (SSSR count). The van der Waals surface area contributed by atoms with Crippen LogP contribution in [0.5, 0.6) is 0 Å². The van der Waals surface area contributed by atoms with Gasteiger partial charge >= 0.3 is 14.8 Å². The molecular formula is C13H26O6Si. The van der Waals surface area contributed by atoms with E-state index < -0.39 is 14.9 Å². The van der Waals surface area contributed by atoms with E-state index in [0.29, 0.717) is 18.8 Å². The summed E-state index contributed by atoms with van der Waals surface area (Å²) in [6.45, 7) is 1.37. The second-order valence-corrected chi connectivity index (χ2v) is 8.32. The van der Waals surface area contributed by atoms with Crippen molar-refractivity contribution in [1.29, 1.82) is 0 Å². The Labute approximate surface area is 121 Å². The lowest BCUT2D eigenvalue weighted by Crippen LogP contribution is -2.43. The first kappa shape index (κ1) is 17.6. The number of carbonyl (C=O) groups excluding carboxylic acids is 1. The monoisotopic (exact) mass is 306 g/mol. The second kappa shape index (κ2) is 8.09. The molecule has 0 radical (unpaired) electrons. The number of hydrogen-bond donors (Lipinski definition) is 1. The van der Waals surface area contributed by atoms with Gasteiger partial charge in [-0.2, -0.15) is 0 Å². The van der Waals surface area contributed by atoms with Crippen molar-refractivity contribution in [2.24, 2.45) is 5.92 Å². The summed E-state index contributed by atoms with van der Waals surface area (Å²) >= 11 is 0. The first-order valence-corrected chi connectivity index (χ1v) is 8.90. The number of aliphatic hydroxyl groups excluding tert-OH is 1. The molecule has 0 bridgehead atoms. The van der Waals surface area contributed by atoms with E-state index in [2.05, 4.69) is 0 Å². The fraction of sp³-hybridized carbons (Fsp3) is 0.923. The predicted molar refractivity (Wildman–Crippen MR) is 75.1 cm³/mol. The third kappa shape index (κ3) is 4.82. The smallest absolute Gasteiger partial charge is 0.460 e. The lowest BCUT2D eigenvalue weighted by atomic mass is 9.84. The van der Waals surface area contributed by atoms with Crippen LogP contribution >= 0.6 is 0 Å². The van der Waals surface area contributed by atoms with Gasteiger partial charge in [0.25, 0.3) is 0 Å². The minimum Gasteiger partial charge on any atom is -0.460 e. The molecule has 1 aliphatic carbocycles. The molecule has 1 fully saturated rings. The Morgan fingerprint density at radius 1 is 1.20 bits per heavy atom. The Kier molecular flexibility index (Phi) is 7.11. The van der Waals surface area contributed by atoms with Gasteiger partial charge in [0.2, 0.25) is 0 Å². The molecule has 0 aromatic carbocycles. The summed E-state index contributed by atoms with van der Waals surface area (Å²) < 4.78 is 21.3. The molecule has 1 N–H and O–H groups in total. The van der Waals surface area contributed by atoms with Gasteiger partial charge in [0.1, 0.15) is 6.10 Å². The topological polar surface area (TPSA) is 74.2 Å². The predicted octanol–water partition coefficient (Wildman–Crippen LogP) is 1.35. The van der Waals surface area contributed by atoms with Crippen LogP contribution in [0.3, 0.4) is 0 Å². The zero-order chi connectivity index (χ0) is 15.2. The van der Waals surface area contributed by atoms with Gasteiger partial charge in [-0.1, -0.05) is 0 Å². The van der Waals surface area contributed by atoms with Gasteiger partial charge in [-0.3, -0.25) is 4.79 Å². The Hall–Kier alpha value is -0.473. The van der Waals surface area contributed by atoms with Crippen LogP contribution in [0.1, 0.15) is 32.6 Å². The normalized spacial score (nSPS) is 27.4. The molecule has 20 heavy (non-hydrogen) atoms. The van der Waals surface area contributed by atoms with Crippen LogP contribution in [0.15, 0.2) is 0 Å². The summed E-state index contributed by atoms with van der Waals surface area (Å²) in [6, 6.07) is 0.728. The average Bonchev–Trinajstić information content (AvgIpc) is 2.43. The molecule has 0 heterocycles. The van der Waals surface area contributed by atoms with E-state index in [1.165, 1.54) is 6.92 Å². The summed E-state index contributed by atoms with van der Waals surface area (Å²) in [5.41, 5.74) is 0. The molecule has 1 saturated carbocycles. The quantitative estimate of drug-likeness (QED) is 0.565. The fourth-order valence-corrected chi connectivity index (χ4v) is 4.63. The Balaban J connectivity index is 2.42. The summed E-state index contributed by atoms with van der Waals surface area (Å²) in [6.07, 6.45) is 2.20. The van der Waals surface area contributed by atoms with Crippen LogP contribution < -0.4 is 0 Å².